The van der Waals surface area contributed by atoms with Crippen LogP contribution >= 0.6 is 0 Å². The van der Waals surface area contributed by atoms with Gasteiger partial charge in [0.05, 0.1) is 12.0 Å². The molecule has 2 aromatic rings. The van der Waals surface area contributed by atoms with Crippen LogP contribution in [0.1, 0.15) is 12.7 Å². The second-order valence-corrected chi connectivity index (χ2v) is 3.65. The lowest BCUT2D eigenvalue weighted by Gasteiger charge is -2.15. The van der Waals surface area contributed by atoms with Gasteiger partial charge in [0.1, 0.15) is 11.5 Å². The fraction of sp³-hybridized carbons (Fsp3) is 0.0769. The van der Waals surface area contributed by atoms with Crippen LogP contribution in [0, 0.1) is 0 Å². The second-order valence-electron chi connectivity index (χ2n) is 3.65. The minimum absolute atomic E-state index is 0.572. The van der Waals surface area contributed by atoms with Crippen molar-refractivity contribution in [2.75, 3.05) is 5.01 Å². The molecule has 0 aliphatic heterocycles. The SMILES string of the molecule is C/C(=N\N(C(N)=O)c1ccccc1)c1ccco1. The standard InChI is InChI=1S/C13H13N3O2/c1-10(12-8-5-9-18-12)15-16(13(14)17)11-6-3-2-4-7-11/h2-9H,1H3,(H2,14,17)/b15-10+. The molecule has 0 saturated carbocycles. The summed E-state index contributed by atoms with van der Waals surface area (Å²) in [5, 5.41) is 5.31. The Morgan fingerprint density at radius 2 is 1.94 bits per heavy atom. The number of para-hydroxylation sites is 1. The summed E-state index contributed by atoms with van der Waals surface area (Å²) in [6.45, 7) is 1.75. The summed E-state index contributed by atoms with van der Waals surface area (Å²) < 4.78 is 5.20. The zero-order valence-electron chi connectivity index (χ0n) is 9.91. The number of urea groups is 1. The maximum atomic E-state index is 11.4. The molecule has 0 atom stereocenters. The van der Waals surface area contributed by atoms with Crippen LogP contribution in [0.5, 0.6) is 0 Å². The van der Waals surface area contributed by atoms with E-state index in [1.165, 1.54) is 0 Å². The average molecular weight is 243 g/mol. The fourth-order valence-corrected chi connectivity index (χ4v) is 1.49. The number of benzene rings is 1. The van der Waals surface area contributed by atoms with Gasteiger partial charge in [0.2, 0.25) is 0 Å². The third kappa shape index (κ3) is 2.57. The molecular weight excluding hydrogens is 230 g/mol. The van der Waals surface area contributed by atoms with Crippen LogP contribution in [0.15, 0.2) is 58.2 Å². The Bertz CT molecular complexity index is 547. The molecule has 0 saturated heterocycles. The third-order valence-electron chi connectivity index (χ3n) is 2.34. The van der Waals surface area contributed by atoms with Gasteiger partial charge in [0, 0.05) is 0 Å². The van der Waals surface area contributed by atoms with E-state index in [1.54, 1.807) is 37.5 Å². The number of nitrogens with zero attached hydrogens (tertiary/aromatic N) is 2. The van der Waals surface area contributed by atoms with Gasteiger partial charge in [0.25, 0.3) is 0 Å². The Morgan fingerprint density at radius 1 is 1.22 bits per heavy atom. The monoisotopic (exact) mass is 243 g/mol. The lowest BCUT2D eigenvalue weighted by atomic mass is 10.3. The molecule has 5 heteroatoms. The van der Waals surface area contributed by atoms with Crippen molar-refractivity contribution in [2.45, 2.75) is 6.92 Å². The van der Waals surface area contributed by atoms with Gasteiger partial charge < -0.3 is 10.2 Å². The number of carbonyl (C=O) groups excluding carboxylic acids is 1. The first-order valence-electron chi connectivity index (χ1n) is 5.42. The van der Waals surface area contributed by atoms with Crippen molar-refractivity contribution >= 4 is 17.4 Å². The number of hydrogen-bond acceptors (Lipinski definition) is 3. The van der Waals surface area contributed by atoms with Crippen molar-refractivity contribution in [3.8, 4) is 0 Å². The maximum absolute atomic E-state index is 11.4. The van der Waals surface area contributed by atoms with Crippen LogP contribution in [-0.4, -0.2) is 11.7 Å². The molecule has 0 bridgehead atoms. The van der Waals surface area contributed by atoms with Crippen molar-refractivity contribution in [2.24, 2.45) is 10.8 Å². The smallest absolute Gasteiger partial charge is 0.340 e. The Labute approximate surface area is 105 Å². The van der Waals surface area contributed by atoms with Gasteiger partial charge in [0.15, 0.2) is 0 Å². The zero-order valence-corrected chi connectivity index (χ0v) is 9.91. The molecule has 0 aliphatic carbocycles. The predicted molar refractivity (Wildman–Crippen MR) is 69.4 cm³/mol. The molecule has 0 fully saturated rings. The Kier molecular flexibility index (Phi) is 3.43. The van der Waals surface area contributed by atoms with Crippen LogP contribution in [0.3, 0.4) is 0 Å². The van der Waals surface area contributed by atoms with Crippen LogP contribution in [0.25, 0.3) is 0 Å². The van der Waals surface area contributed by atoms with E-state index in [0.717, 1.165) is 5.01 Å². The minimum Gasteiger partial charge on any atom is -0.463 e. The molecule has 5 nitrogen and oxygen atoms in total. The molecule has 0 unspecified atom stereocenters. The summed E-state index contributed by atoms with van der Waals surface area (Å²) in [6.07, 6.45) is 1.55. The lowest BCUT2D eigenvalue weighted by molar-refractivity contribution is 0.254. The largest absolute Gasteiger partial charge is 0.463 e. The summed E-state index contributed by atoms with van der Waals surface area (Å²) >= 11 is 0. The first kappa shape index (κ1) is 11.9. The van der Waals surface area contributed by atoms with Gasteiger partial charge in [-0.2, -0.15) is 10.1 Å². The van der Waals surface area contributed by atoms with E-state index in [1.807, 2.05) is 18.2 Å². The summed E-state index contributed by atoms with van der Waals surface area (Å²) in [7, 11) is 0. The third-order valence-corrected chi connectivity index (χ3v) is 2.34. The first-order valence-corrected chi connectivity index (χ1v) is 5.42. The molecular formula is C13H13N3O2. The molecule has 1 aromatic heterocycles. The normalized spacial score (nSPS) is 11.3. The van der Waals surface area contributed by atoms with Crippen LogP contribution < -0.4 is 10.7 Å². The van der Waals surface area contributed by atoms with Gasteiger partial charge in [-0.3, -0.25) is 0 Å². The van der Waals surface area contributed by atoms with Gasteiger partial charge in [-0.25, -0.2) is 4.79 Å². The molecule has 1 aromatic carbocycles. The maximum Gasteiger partial charge on any atom is 0.340 e. The van der Waals surface area contributed by atoms with Crippen LogP contribution in [-0.2, 0) is 0 Å². The molecule has 2 rings (SSSR count). The summed E-state index contributed by atoms with van der Waals surface area (Å²) in [5.41, 5.74) is 6.50. The summed E-state index contributed by atoms with van der Waals surface area (Å²) in [6, 6.07) is 11.9. The van der Waals surface area contributed by atoms with E-state index >= 15 is 0 Å². The molecule has 0 spiro atoms. The summed E-state index contributed by atoms with van der Waals surface area (Å²) in [5.74, 6) is 0.595. The number of amides is 2. The number of hydrogen-bond donors (Lipinski definition) is 1. The van der Waals surface area contributed by atoms with Gasteiger partial charge >= 0.3 is 6.03 Å². The molecule has 2 N–H and O–H groups in total. The number of furan rings is 1. The average Bonchev–Trinajstić information content (AvgIpc) is 2.90. The van der Waals surface area contributed by atoms with Gasteiger partial charge in [-0.15, -0.1) is 0 Å². The van der Waals surface area contributed by atoms with E-state index in [-0.39, 0.29) is 0 Å². The van der Waals surface area contributed by atoms with Gasteiger partial charge in [-0.05, 0) is 31.2 Å². The van der Waals surface area contributed by atoms with E-state index in [0.29, 0.717) is 17.2 Å². The molecule has 2 amide bonds. The predicted octanol–water partition coefficient (Wildman–Crippen LogP) is 2.59. The van der Waals surface area contributed by atoms with Crippen molar-refractivity contribution in [1.29, 1.82) is 0 Å². The van der Waals surface area contributed by atoms with Crippen molar-refractivity contribution in [1.82, 2.24) is 0 Å². The highest BCUT2D eigenvalue weighted by Crippen LogP contribution is 2.14. The van der Waals surface area contributed by atoms with Crippen molar-refractivity contribution in [3.63, 3.8) is 0 Å². The molecule has 18 heavy (non-hydrogen) atoms. The quantitative estimate of drug-likeness (QED) is 0.664. The Hall–Kier alpha value is -2.56. The lowest BCUT2D eigenvalue weighted by Crippen LogP contribution is -2.32. The van der Waals surface area contributed by atoms with Crippen LogP contribution in [0.4, 0.5) is 10.5 Å². The molecule has 92 valence electrons. The minimum atomic E-state index is -0.646. The van der Waals surface area contributed by atoms with Crippen molar-refractivity contribution in [3.05, 3.63) is 54.5 Å². The molecule has 1 heterocycles. The number of primary amides is 1. The number of carbonyl (C=O) groups is 1. The number of rotatable bonds is 3. The van der Waals surface area contributed by atoms with Crippen LogP contribution in [0.2, 0.25) is 0 Å². The Balaban J connectivity index is 2.33. The highest BCUT2D eigenvalue weighted by Gasteiger charge is 2.12. The fourth-order valence-electron chi connectivity index (χ4n) is 1.49. The molecule has 0 radical (unpaired) electrons. The molecule has 0 aliphatic rings. The number of hydrazone groups is 1. The number of nitrogens with two attached hydrogens (primary N) is 1. The Morgan fingerprint density at radius 3 is 2.50 bits per heavy atom. The highest BCUT2D eigenvalue weighted by atomic mass is 16.3. The second kappa shape index (κ2) is 5.18. The van der Waals surface area contributed by atoms with Gasteiger partial charge in [-0.1, -0.05) is 18.2 Å². The highest BCUT2D eigenvalue weighted by molar-refractivity contribution is 6.00. The van der Waals surface area contributed by atoms with Crippen molar-refractivity contribution < 1.29 is 9.21 Å². The number of anilines is 1. The van der Waals surface area contributed by atoms with E-state index in [4.69, 9.17) is 10.2 Å². The van der Waals surface area contributed by atoms with E-state index in [2.05, 4.69) is 5.10 Å². The zero-order chi connectivity index (χ0) is 13.0. The first-order chi connectivity index (χ1) is 8.68. The summed E-state index contributed by atoms with van der Waals surface area (Å²) in [4.78, 5) is 11.4. The van der Waals surface area contributed by atoms with E-state index in [9.17, 15) is 4.79 Å². The van der Waals surface area contributed by atoms with E-state index < -0.39 is 6.03 Å². The topological polar surface area (TPSA) is 71.8 Å².